The summed E-state index contributed by atoms with van der Waals surface area (Å²) in [6, 6.07) is 5.30. The van der Waals surface area contributed by atoms with E-state index >= 15 is 0 Å². The van der Waals surface area contributed by atoms with Crippen molar-refractivity contribution in [3.8, 4) is 0 Å². The molecule has 0 radical (unpaired) electrons. The topological polar surface area (TPSA) is 65.1 Å². The second-order valence-electron chi connectivity index (χ2n) is 8.64. The molecule has 37 heavy (non-hydrogen) atoms. The van der Waals surface area contributed by atoms with E-state index in [0.717, 1.165) is 11.4 Å². The second-order valence-corrected chi connectivity index (χ2v) is 10.9. The van der Waals surface area contributed by atoms with Gasteiger partial charge < -0.3 is 19.4 Å². The molecule has 7 nitrogen and oxygen atoms in total. The van der Waals surface area contributed by atoms with E-state index in [9.17, 15) is 22.2 Å². The maximum absolute atomic E-state index is 13.6. The Morgan fingerprint density at radius 1 is 1.11 bits per heavy atom. The van der Waals surface area contributed by atoms with Crippen LogP contribution in [0.2, 0.25) is 0 Å². The number of anilines is 1. The number of nitrogens with one attached hydrogen (secondary N) is 1. The van der Waals surface area contributed by atoms with Gasteiger partial charge in [-0.25, -0.2) is 17.7 Å². The molecule has 1 unspecified atom stereocenters. The number of amides is 1. The van der Waals surface area contributed by atoms with Crippen LogP contribution in [0.1, 0.15) is 30.6 Å². The molecule has 0 aromatic heterocycles. The van der Waals surface area contributed by atoms with Crippen molar-refractivity contribution in [3.63, 3.8) is 0 Å². The zero-order valence-corrected chi connectivity index (χ0v) is 23.0. The van der Waals surface area contributed by atoms with Crippen LogP contribution in [0.4, 0.5) is 18.9 Å². The zero-order chi connectivity index (χ0) is 27.6. The number of carbonyl (C=O) groups excluding carboxylic acids is 1. The van der Waals surface area contributed by atoms with E-state index in [1.165, 1.54) is 6.08 Å². The van der Waals surface area contributed by atoms with Gasteiger partial charge in [0.05, 0.1) is 35.7 Å². The number of alkyl halides is 3. The number of hydrogen-bond donors (Lipinski definition) is 1. The molecule has 0 aliphatic carbocycles. The minimum absolute atomic E-state index is 0.109. The van der Waals surface area contributed by atoms with Crippen LogP contribution in [0.5, 0.6) is 0 Å². The summed E-state index contributed by atoms with van der Waals surface area (Å²) in [6.45, 7) is 8.35. The first kappa shape index (κ1) is 30.7. The lowest BCUT2D eigenvalue weighted by atomic mass is 10.1. The van der Waals surface area contributed by atoms with Crippen LogP contribution in [0.25, 0.3) is 0 Å². The van der Waals surface area contributed by atoms with Gasteiger partial charge in [0.25, 0.3) is 12.3 Å². The second kappa shape index (κ2) is 14.4. The first-order valence-corrected chi connectivity index (χ1v) is 14.0. The number of benzene rings is 1. The van der Waals surface area contributed by atoms with Gasteiger partial charge in [-0.15, -0.1) is 0 Å². The van der Waals surface area contributed by atoms with E-state index in [0.29, 0.717) is 76.5 Å². The minimum atomic E-state index is -2.71. The highest BCUT2D eigenvalue weighted by Gasteiger charge is 2.27. The molecule has 2 aliphatic heterocycles. The van der Waals surface area contributed by atoms with Crippen LogP contribution >= 0.6 is 0 Å². The fourth-order valence-electron chi connectivity index (χ4n) is 4.20. The van der Waals surface area contributed by atoms with Gasteiger partial charge in [-0.05, 0) is 56.1 Å². The first-order valence-electron chi connectivity index (χ1n) is 12.3. The number of hydrogen-bond acceptors (Lipinski definition) is 5. The minimum Gasteiger partial charge on any atom is -0.378 e. The van der Waals surface area contributed by atoms with E-state index < -0.39 is 16.1 Å². The molecule has 2 saturated heterocycles. The third-order valence-electron chi connectivity index (χ3n) is 6.55. The van der Waals surface area contributed by atoms with E-state index in [-0.39, 0.29) is 11.5 Å². The van der Waals surface area contributed by atoms with Crippen LogP contribution in [-0.4, -0.2) is 98.9 Å². The van der Waals surface area contributed by atoms with E-state index in [1.54, 1.807) is 37.1 Å². The summed E-state index contributed by atoms with van der Waals surface area (Å²) in [5.41, 5.74) is 2.31. The molecule has 2 heterocycles. The van der Waals surface area contributed by atoms with Crippen molar-refractivity contribution in [1.29, 1.82) is 0 Å². The van der Waals surface area contributed by atoms with Crippen LogP contribution in [0.3, 0.4) is 0 Å². The van der Waals surface area contributed by atoms with Crippen LogP contribution in [0.15, 0.2) is 46.5 Å². The molecule has 11 heteroatoms. The Kier molecular flexibility index (Phi) is 12.0. The van der Waals surface area contributed by atoms with Crippen molar-refractivity contribution < 1.29 is 26.9 Å². The SMILES string of the molecule is C=S(=O)(NC)c1ccc(N2CCOCC2)c(C(=O)N2CCN(/C(C)=C/C=C(\CC)C(F)F)CC2)c1.CF. The zero-order valence-electron chi connectivity index (χ0n) is 22.1. The van der Waals surface area contributed by atoms with E-state index in [2.05, 4.69) is 20.4 Å². The molecule has 0 saturated carbocycles. The van der Waals surface area contributed by atoms with Gasteiger partial charge in [0.15, 0.2) is 0 Å². The molecule has 0 bridgehead atoms. The maximum Gasteiger partial charge on any atom is 0.260 e. The highest BCUT2D eigenvalue weighted by molar-refractivity contribution is 7.98. The lowest BCUT2D eigenvalue weighted by Crippen LogP contribution is -2.48. The monoisotopic (exact) mass is 544 g/mol. The predicted octanol–water partition coefficient (Wildman–Crippen LogP) is 3.58. The number of ether oxygens (including phenoxy) is 1. The summed E-state index contributed by atoms with van der Waals surface area (Å²) in [7, 11) is -0.628. The van der Waals surface area contributed by atoms with Crippen LogP contribution < -0.4 is 9.62 Å². The number of morpholine rings is 1. The fraction of sp³-hybridized carbons (Fsp3) is 0.538. The van der Waals surface area contributed by atoms with Gasteiger partial charge >= 0.3 is 0 Å². The number of nitrogens with zero attached hydrogens (tertiary/aromatic N) is 3. The van der Waals surface area contributed by atoms with Crippen molar-refractivity contribution in [1.82, 2.24) is 14.5 Å². The number of halogens is 3. The average molecular weight is 545 g/mol. The molecule has 1 amide bonds. The van der Waals surface area contributed by atoms with E-state index in [1.807, 2.05) is 13.0 Å². The summed E-state index contributed by atoms with van der Waals surface area (Å²) in [5.74, 6) is 3.66. The van der Waals surface area contributed by atoms with E-state index in [4.69, 9.17) is 4.74 Å². The summed E-state index contributed by atoms with van der Waals surface area (Å²) in [5, 5.41) is 0. The largest absolute Gasteiger partial charge is 0.378 e. The molecule has 1 N–H and O–H groups in total. The Balaban J connectivity index is 0.00000235. The number of allylic oxidation sites excluding steroid dienone is 4. The summed E-state index contributed by atoms with van der Waals surface area (Å²) in [4.78, 5) is 20.1. The number of piperazine rings is 1. The Morgan fingerprint density at radius 2 is 1.70 bits per heavy atom. The third kappa shape index (κ3) is 7.99. The molecular weight excluding hydrogens is 505 g/mol. The normalized spacial score (nSPS) is 18.9. The molecule has 2 aliphatic rings. The van der Waals surface area contributed by atoms with Gasteiger partial charge in [0.1, 0.15) is 0 Å². The predicted molar refractivity (Wildman–Crippen MR) is 145 cm³/mol. The molecule has 2 fully saturated rings. The lowest BCUT2D eigenvalue weighted by molar-refractivity contribution is 0.0669. The smallest absolute Gasteiger partial charge is 0.260 e. The molecule has 3 rings (SSSR count). The fourth-order valence-corrected chi connectivity index (χ4v) is 5.03. The average Bonchev–Trinajstić information content (AvgIpc) is 2.94. The summed E-state index contributed by atoms with van der Waals surface area (Å²) < 4.78 is 56.5. The maximum atomic E-state index is 13.6. The Bertz CT molecular complexity index is 1060. The molecule has 1 aromatic carbocycles. The Morgan fingerprint density at radius 3 is 2.24 bits per heavy atom. The highest BCUT2D eigenvalue weighted by Crippen LogP contribution is 2.27. The number of carbonyl (C=O) groups is 1. The number of rotatable bonds is 8. The molecular formula is C26H39F3N4O3S. The Hall–Kier alpha value is -2.50. The van der Waals surface area contributed by atoms with Crippen molar-refractivity contribution >= 4 is 27.2 Å². The van der Waals surface area contributed by atoms with Crippen molar-refractivity contribution in [2.75, 3.05) is 71.6 Å². The lowest BCUT2D eigenvalue weighted by Gasteiger charge is -2.37. The van der Waals surface area contributed by atoms with Crippen molar-refractivity contribution in [3.05, 3.63) is 47.2 Å². The summed E-state index contributed by atoms with van der Waals surface area (Å²) in [6.07, 6.45) is 1.08. The molecule has 208 valence electrons. The van der Waals surface area contributed by atoms with Gasteiger partial charge in [-0.1, -0.05) is 13.0 Å². The van der Waals surface area contributed by atoms with Gasteiger partial charge in [-0.3, -0.25) is 9.18 Å². The highest BCUT2D eigenvalue weighted by atomic mass is 32.2. The van der Waals surface area contributed by atoms with Crippen LogP contribution in [-0.2, 0) is 14.4 Å². The molecule has 0 spiro atoms. The van der Waals surface area contributed by atoms with Gasteiger partial charge in [-0.2, -0.15) is 0 Å². The summed E-state index contributed by atoms with van der Waals surface area (Å²) >= 11 is 0. The van der Waals surface area contributed by atoms with Gasteiger partial charge in [0.2, 0.25) is 0 Å². The van der Waals surface area contributed by atoms with Crippen molar-refractivity contribution in [2.45, 2.75) is 31.6 Å². The molecule has 1 aromatic rings. The Labute approximate surface area is 219 Å². The van der Waals surface area contributed by atoms with Crippen molar-refractivity contribution in [2.24, 2.45) is 0 Å². The van der Waals surface area contributed by atoms with Crippen LogP contribution in [0, 0.1) is 0 Å². The van der Waals surface area contributed by atoms with Gasteiger partial charge in [0, 0.05) is 55.5 Å². The quantitative estimate of drug-likeness (QED) is 0.401. The first-order chi connectivity index (χ1) is 17.7. The standard InChI is InChI=1S/C25H36F2N4O3S.CH3F/c1-5-20(24(26)27)7-6-19(2)29-10-12-31(13-11-29)25(32)22-18-21(35(4,33)28-3)8-9-23(22)30-14-16-34-17-15-30;1-2/h6-9,18,24H,4-5,10-17H2,1-3H3,(H,28,33);1H3/b19-6+,20-7+;. The third-order valence-corrected chi connectivity index (χ3v) is 8.23. The molecule has 1 atom stereocenters.